The standard InChI is InChI=1S/C47H29N3S/c48-29-33-16-7-8-18-39(33)41-20-10-22-43-42-21-9-19-40(46(42)51-47(41)43)38-25-35(34-17-11-23-49-30-34)24-36(26-38)37-27-44(31-12-3-1-4-13-31)50-45(28-37)32-14-5-2-6-15-32/h1-28,30H. The third kappa shape index (κ3) is 5.66. The number of benzene rings is 6. The summed E-state index contributed by atoms with van der Waals surface area (Å²) < 4.78 is 2.40. The van der Waals surface area contributed by atoms with Gasteiger partial charge in [-0.05, 0) is 70.3 Å². The van der Waals surface area contributed by atoms with Crippen LogP contribution in [0.1, 0.15) is 5.56 Å². The molecule has 3 aromatic heterocycles. The predicted molar refractivity (Wildman–Crippen MR) is 212 cm³/mol. The minimum Gasteiger partial charge on any atom is -0.264 e. The largest absolute Gasteiger partial charge is 0.264 e. The lowest BCUT2D eigenvalue weighted by atomic mass is 9.92. The van der Waals surface area contributed by atoms with Gasteiger partial charge in [0.1, 0.15) is 0 Å². The Morgan fingerprint density at radius 2 is 0.961 bits per heavy atom. The lowest BCUT2D eigenvalue weighted by molar-refractivity contribution is 1.32. The van der Waals surface area contributed by atoms with Crippen molar-refractivity contribution in [1.29, 1.82) is 5.26 Å². The highest BCUT2D eigenvalue weighted by atomic mass is 32.1. The van der Waals surface area contributed by atoms with Crippen LogP contribution >= 0.6 is 11.3 Å². The van der Waals surface area contributed by atoms with Crippen LogP contribution in [0.5, 0.6) is 0 Å². The molecule has 0 radical (unpaired) electrons. The summed E-state index contributed by atoms with van der Waals surface area (Å²) in [5.74, 6) is 0. The van der Waals surface area contributed by atoms with Crippen molar-refractivity contribution in [3.8, 4) is 73.1 Å². The second-order valence-electron chi connectivity index (χ2n) is 12.5. The van der Waals surface area contributed by atoms with Crippen molar-refractivity contribution in [2.75, 3.05) is 0 Å². The van der Waals surface area contributed by atoms with E-state index in [-0.39, 0.29) is 0 Å². The number of aromatic nitrogens is 2. The number of rotatable bonds is 6. The molecule has 0 fully saturated rings. The minimum atomic E-state index is 0.679. The minimum absolute atomic E-state index is 0.679. The summed E-state index contributed by atoms with van der Waals surface area (Å²) in [5.41, 5.74) is 13.4. The maximum atomic E-state index is 9.93. The van der Waals surface area contributed by atoms with E-state index in [1.165, 1.54) is 25.7 Å². The summed E-state index contributed by atoms with van der Waals surface area (Å²) in [4.78, 5) is 9.62. The Bertz CT molecular complexity index is 2690. The van der Waals surface area contributed by atoms with Crippen LogP contribution in [-0.4, -0.2) is 9.97 Å². The molecule has 0 saturated heterocycles. The molecule has 238 valence electrons. The van der Waals surface area contributed by atoms with Gasteiger partial charge in [0.25, 0.3) is 0 Å². The average Bonchev–Trinajstić information content (AvgIpc) is 3.61. The summed E-state index contributed by atoms with van der Waals surface area (Å²) in [6.07, 6.45) is 3.74. The van der Waals surface area contributed by atoms with Crippen molar-refractivity contribution >= 4 is 31.5 Å². The van der Waals surface area contributed by atoms with E-state index in [1.54, 1.807) is 11.3 Å². The Kier molecular flexibility index (Phi) is 7.74. The number of hydrogen-bond acceptors (Lipinski definition) is 4. The number of pyridine rings is 2. The molecule has 4 heteroatoms. The van der Waals surface area contributed by atoms with Gasteiger partial charge in [0.05, 0.1) is 23.0 Å². The monoisotopic (exact) mass is 667 g/mol. The lowest BCUT2D eigenvalue weighted by Crippen LogP contribution is -1.92. The Morgan fingerprint density at radius 3 is 1.61 bits per heavy atom. The van der Waals surface area contributed by atoms with Crippen molar-refractivity contribution in [3.63, 3.8) is 0 Å². The van der Waals surface area contributed by atoms with Crippen LogP contribution in [0.3, 0.4) is 0 Å². The first kappa shape index (κ1) is 30.4. The van der Waals surface area contributed by atoms with Crippen LogP contribution in [0.4, 0.5) is 0 Å². The molecule has 0 unspecified atom stereocenters. The van der Waals surface area contributed by atoms with Gasteiger partial charge in [-0.1, -0.05) is 121 Å². The zero-order valence-corrected chi connectivity index (χ0v) is 28.3. The van der Waals surface area contributed by atoms with Gasteiger partial charge in [0, 0.05) is 60.4 Å². The van der Waals surface area contributed by atoms with Crippen LogP contribution in [0.15, 0.2) is 176 Å². The van der Waals surface area contributed by atoms with E-state index in [1.807, 2.05) is 54.9 Å². The second kappa shape index (κ2) is 13.0. The maximum absolute atomic E-state index is 9.93. The molecule has 0 aliphatic heterocycles. The Balaban J connectivity index is 1.28. The zero-order valence-electron chi connectivity index (χ0n) is 27.5. The van der Waals surface area contributed by atoms with E-state index in [0.29, 0.717) is 5.56 Å². The van der Waals surface area contributed by atoms with Gasteiger partial charge < -0.3 is 0 Å². The topological polar surface area (TPSA) is 49.6 Å². The Labute approximate surface area is 300 Å². The summed E-state index contributed by atoms with van der Waals surface area (Å²) in [7, 11) is 0. The highest BCUT2D eigenvalue weighted by Crippen LogP contribution is 2.45. The molecular formula is C47H29N3S. The molecule has 0 N–H and O–H groups in total. The van der Waals surface area contributed by atoms with Crippen LogP contribution in [0, 0.1) is 11.3 Å². The fourth-order valence-electron chi connectivity index (χ4n) is 6.94. The number of nitriles is 1. The van der Waals surface area contributed by atoms with Crippen molar-refractivity contribution < 1.29 is 0 Å². The van der Waals surface area contributed by atoms with Crippen molar-refractivity contribution in [3.05, 3.63) is 182 Å². The summed E-state index contributed by atoms with van der Waals surface area (Å²) in [6.45, 7) is 0. The first-order chi connectivity index (χ1) is 25.2. The van der Waals surface area contributed by atoms with Crippen LogP contribution in [0.25, 0.3) is 87.2 Å². The van der Waals surface area contributed by atoms with E-state index >= 15 is 0 Å². The van der Waals surface area contributed by atoms with Gasteiger partial charge in [-0.15, -0.1) is 11.3 Å². The average molecular weight is 668 g/mol. The molecule has 3 nitrogen and oxygen atoms in total. The molecule has 0 aliphatic carbocycles. The van der Waals surface area contributed by atoms with Gasteiger partial charge >= 0.3 is 0 Å². The van der Waals surface area contributed by atoms with Crippen molar-refractivity contribution in [2.24, 2.45) is 0 Å². The molecule has 0 aliphatic rings. The molecule has 0 saturated carbocycles. The Morgan fingerprint density at radius 1 is 0.431 bits per heavy atom. The number of thiophene rings is 1. The number of hydrogen-bond donors (Lipinski definition) is 0. The maximum Gasteiger partial charge on any atom is 0.0998 e. The van der Waals surface area contributed by atoms with E-state index in [4.69, 9.17) is 4.98 Å². The highest BCUT2D eigenvalue weighted by Gasteiger charge is 2.17. The SMILES string of the molecule is N#Cc1ccccc1-c1cccc2c1sc1c(-c3cc(-c4cccnc4)cc(-c4cc(-c5ccccc5)nc(-c5ccccc5)c4)c3)cccc12. The lowest BCUT2D eigenvalue weighted by Gasteiger charge is -2.14. The van der Waals surface area contributed by atoms with Gasteiger partial charge in [-0.2, -0.15) is 5.26 Å². The summed E-state index contributed by atoms with van der Waals surface area (Å²) in [6, 6.07) is 59.4. The van der Waals surface area contributed by atoms with Crippen molar-refractivity contribution in [1.82, 2.24) is 9.97 Å². The molecule has 9 aromatic rings. The van der Waals surface area contributed by atoms with Crippen LogP contribution < -0.4 is 0 Å². The molecule has 9 rings (SSSR count). The number of fused-ring (bicyclic) bond motifs is 3. The molecule has 6 aromatic carbocycles. The molecule has 51 heavy (non-hydrogen) atoms. The molecule has 0 atom stereocenters. The van der Waals surface area contributed by atoms with Gasteiger partial charge in [-0.25, -0.2) is 4.98 Å². The predicted octanol–water partition coefficient (Wildman–Crippen LogP) is 12.7. The normalized spacial score (nSPS) is 11.1. The van der Waals surface area contributed by atoms with E-state index in [2.05, 4.69) is 132 Å². The van der Waals surface area contributed by atoms with Crippen molar-refractivity contribution in [2.45, 2.75) is 0 Å². The molecule has 0 amide bonds. The smallest absolute Gasteiger partial charge is 0.0998 e. The summed E-state index contributed by atoms with van der Waals surface area (Å²) in [5, 5.41) is 12.3. The van der Waals surface area contributed by atoms with E-state index in [0.717, 1.165) is 61.5 Å². The summed E-state index contributed by atoms with van der Waals surface area (Å²) >= 11 is 1.79. The molecular weight excluding hydrogens is 639 g/mol. The van der Waals surface area contributed by atoms with Crippen LogP contribution in [0.2, 0.25) is 0 Å². The first-order valence-corrected chi connectivity index (χ1v) is 17.7. The molecule has 3 heterocycles. The van der Waals surface area contributed by atoms with Gasteiger partial charge in [-0.3, -0.25) is 4.98 Å². The van der Waals surface area contributed by atoms with Crippen LogP contribution in [-0.2, 0) is 0 Å². The third-order valence-electron chi connectivity index (χ3n) is 9.40. The fraction of sp³-hybridized carbons (Fsp3) is 0. The number of nitrogens with zero attached hydrogens (tertiary/aromatic N) is 3. The van der Waals surface area contributed by atoms with Gasteiger partial charge in [0.15, 0.2) is 0 Å². The second-order valence-corrected chi connectivity index (χ2v) is 13.5. The quantitative estimate of drug-likeness (QED) is 0.177. The molecule has 0 spiro atoms. The fourth-order valence-corrected chi connectivity index (χ4v) is 8.30. The zero-order chi connectivity index (χ0) is 34.1. The van der Waals surface area contributed by atoms with Gasteiger partial charge in [0.2, 0.25) is 0 Å². The third-order valence-corrected chi connectivity index (χ3v) is 10.7. The van der Waals surface area contributed by atoms with E-state index in [9.17, 15) is 5.26 Å². The highest BCUT2D eigenvalue weighted by molar-refractivity contribution is 7.26. The Hall–Kier alpha value is -6.67. The van der Waals surface area contributed by atoms with E-state index < -0.39 is 0 Å². The molecule has 0 bridgehead atoms. The first-order valence-electron chi connectivity index (χ1n) is 16.9.